The Morgan fingerprint density at radius 3 is 2.29 bits per heavy atom. The molecule has 0 saturated carbocycles. The number of hydrogen-bond acceptors (Lipinski definition) is 4. The Balaban J connectivity index is 1.67. The van der Waals surface area contributed by atoms with E-state index in [1.54, 1.807) is 0 Å². The van der Waals surface area contributed by atoms with E-state index in [0.717, 1.165) is 58.4 Å². The number of likely N-dealkylation sites (tertiary alicyclic amines) is 2. The van der Waals surface area contributed by atoms with Gasteiger partial charge in [-0.3, -0.25) is 9.59 Å². The topological polar surface area (TPSA) is 55.9 Å². The molecule has 3 aliphatic rings. The number of amides is 2. The van der Waals surface area contributed by atoms with Gasteiger partial charge in [0.25, 0.3) is 0 Å². The van der Waals surface area contributed by atoms with E-state index in [-0.39, 0.29) is 23.9 Å². The van der Waals surface area contributed by atoms with Crippen LogP contribution >= 0.6 is 0 Å². The van der Waals surface area contributed by atoms with E-state index in [1.807, 2.05) is 9.80 Å². The molecule has 1 N–H and O–H groups in total. The molecule has 3 aliphatic heterocycles. The quantitative estimate of drug-likeness (QED) is 0.749. The van der Waals surface area contributed by atoms with E-state index >= 15 is 0 Å². The van der Waals surface area contributed by atoms with Gasteiger partial charge in [-0.25, -0.2) is 0 Å². The average molecular weight is 393 g/mol. The van der Waals surface area contributed by atoms with Crippen molar-refractivity contribution >= 4 is 11.8 Å². The van der Waals surface area contributed by atoms with Gasteiger partial charge in [0, 0.05) is 39.3 Å². The second kappa shape index (κ2) is 8.70. The zero-order chi connectivity index (χ0) is 20.5. The third kappa shape index (κ3) is 4.70. The monoisotopic (exact) mass is 392 g/mol. The summed E-state index contributed by atoms with van der Waals surface area (Å²) in [5.74, 6) is 1.14. The van der Waals surface area contributed by atoms with E-state index in [0.29, 0.717) is 23.8 Å². The summed E-state index contributed by atoms with van der Waals surface area (Å²) in [7, 11) is 2.17. The van der Waals surface area contributed by atoms with E-state index in [9.17, 15) is 9.59 Å². The van der Waals surface area contributed by atoms with Gasteiger partial charge in [0.15, 0.2) is 0 Å². The number of carbonyl (C=O) groups excluding carboxylic acids is 2. The van der Waals surface area contributed by atoms with E-state index in [4.69, 9.17) is 0 Å². The van der Waals surface area contributed by atoms with Gasteiger partial charge in [-0.2, -0.15) is 0 Å². The molecule has 2 amide bonds. The van der Waals surface area contributed by atoms with Crippen LogP contribution in [0.15, 0.2) is 0 Å². The maximum atomic E-state index is 13.5. The lowest BCUT2D eigenvalue weighted by Crippen LogP contribution is -2.63. The van der Waals surface area contributed by atoms with Crippen LogP contribution in [0.3, 0.4) is 0 Å². The molecule has 6 nitrogen and oxygen atoms in total. The fourth-order valence-corrected chi connectivity index (χ4v) is 5.36. The lowest BCUT2D eigenvalue weighted by molar-refractivity contribution is -0.152. The minimum Gasteiger partial charge on any atom is -0.341 e. The molecule has 0 aromatic carbocycles. The summed E-state index contributed by atoms with van der Waals surface area (Å²) in [4.78, 5) is 33.0. The molecule has 160 valence electrons. The predicted molar refractivity (Wildman–Crippen MR) is 112 cm³/mol. The van der Waals surface area contributed by atoms with Crippen molar-refractivity contribution in [3.05, 3.63) is 0 Å². The maximum absolute atomic E-state index is 13.5. The predicted octanol–water partition coefficient (Wildman–Crippen LogP) is 1.80. The molecule has 6 heteroatoms. The van der Waals surface area contributed by atoms with Crippen molar-refractivity contribution in [3.63, 3.8) is 0 Å². The third-order valence-electron chi connectivity index (χ3n) is 6.73. The van der Waals surface area contributed by atoms with Gasteiger partial charge in [0.2, 0.25) is 11.8 Å². The van der Waals surface area contributed by atoms with Gasteiger partial charge in [0.1, 0.15) is 6.04 Å². The highest BCUT2D eigenvalue weighted by Gasteiger charge is 2.45. The standard InChI is InChI=1S/C22H40N4O2/c1-16(2)12-18-20(27)26(11-8-23-18)19(13-17(3)4)21(28)25-9-6-22(7-10-25)14-24(5)15-22/h16-19,23H,6-15H2,1-5H3/t18-,19-/m0/s1. The van der Waals surface area contributed by atoms with Crippen molar-refractivity contribution in [1.29, 1.82) is 0 Å². The molecule has 0 unspecified atom stereocenters. The minimum atomic E-state index is -0.303. The van der Waals surface area contributed by atoms with Crippen LogP contribution in [-0.2, 0) is 9.59 Å². The van der Waals surface area contributed by atoms with Crippen molar-refractivity contribution in [3.8, 4) is 0 Å². The lowest BCUT2D eigenvalue weighted by Gasteiger charge is -2.53. The van der Waals surface area contributed by atoms with Crippen LogP contribution in [0.4, 0.5) is 0 Å². The van der Waals surface area contributed by atoms with Crippen LogP contribution in [0, 0.1) is 17.3 Å². The first-order chi connectivity index (χ1) is 13.2. The van der Waals surface area contributed by atoms with Gasteiger partial charge in [0.05, 0.1) is 6.04 Å². The molecule has 0 radical (unpaired) electrons. The van der Waals surface area contributed by atoms with Crippen LogP contribution in [0.2, 0.25) is 0 Å². The summed E-state index contributed by atoms with van der Waals surface area (Å²) in [5.41, 5.74) is 0.437. The van der Waals surface area contributed by atoms with Gasteiger partial charge in [-0.05, 0) is 50.0 Å². The zero-order valence-corrected chi connectivity index (χ0v) is 18.5. The summed E-state index contributed by atoms with van der Waals surface area (Å²) in [5, 5.41) is 3.37. The Labute approximate surface area is 171 Å². The van der Waals surface area contributed by atoms with E-state index in [1.165, 1.54) is 0 Å². The first-order valence-electron chi connectivity index (χ1n) is 11.2. The molecule has 0 bridgehead atoms. The molecule has 3 fully saturated rings. The molecule has 3 rings (SSSR count). The van der Waals surface area contributed by atoms with Crippen molar-refractivity contribution in [2.24, 2.45) is 17.3 Å². The molecule has 1 spiro atoms. The number of piperazine rings is 1. The highest BCUT2D eigenvalue weighted by atomic mass is 16.2. The molecule has 3 saturated heterocycles. The number of hydrogen-bond donors (Lipinski definition) is 1. The largest absolute Gasteiger partial charge is 0.341 e. The summed E-state index contributed by atoms with van der Waals surface area (Å²) in [6.07, 6.45) is 3.78. The van der Waals surface area contributed by atoms with Gasteiger partial charge >= 0.3 is 0 Å². The summed E-state index contributed by atoms with van der Waals surface area (Å²) in [6.45, 7) is 14.0. The van der Waals surface area contributed by atoms with Crippen LogP contribution in [0.5, 0.6) is 0 Å². The zero-order valence-electron chi connectivity index (χ0n) is 18.5. The highest BCUT2D eigenvalue weighted by molar-refractivity contribution is 5.90. The first-order valence-corrected chi connectivity index (χ1v) is 11.2. The third-order valence-corrected chi connectivity index (χ3v) is 6.73. The number of nitrogens with one attached hydrogen (secondary N) is 1. The van der Waals surface area contributed by atoms with Gasteiger partial charge in [-0.15, -0.1) is 0 Å². The minimum absolute atomic E-state index is 0.119. The molecular formula is C22H40N4O2. The summed E-state index contributed by atoms with van der Waals surface area (Å²) < 4.78 is 0. The smallest absolute Gasteiger partial charge is 0.245 e. The SMILES string of the molecule is CC(C)C[C@@H]1NCCN([C@@H](CC(C)C)C(=O)N2CCC3(CC2)CN(C)C3)C1=O. The Morgan fingerprint density at radius 2 is 1.75 bits per heavy atom. The molecule has 2 atom stereocenters. The fourth-order valence-electron chi connectivity index (χ4n) is 5.36. The van der Waals surface area contributed by atoms with Gasteiger partial charge < -0.3 is 20.0 Å². The average Bonchev–Trinajstić information content (AvgIpc) is 2.60. The Hall–Kier alpha value is -1.14. The number of carbonyl (C=O) groups is 2. The molecular weight excluding hydrogens is 352 g/mol. The van der Waals surface area contributed by atoms with Crippen LogP contribution in [-0.4, -0.2) is 84.9 Å². The molecule has 3 heterocycles. The van der Waals surface area contributed by atoms with Crippen molar-refractivity contribution < 1.29 is 9.59 Å². The Morgan fingerprint density at radius 1 is 1.11 bits per heavy atom. The number of piperidine rings is 1. The highest BCUT2D eigenvalue weighted by Crippen LogP contribution is 2.39. The number of rotatable bonds is 6. The maximum Gasteiger partial charge on any atom is 0.245 e. The van der Waals surface area contributed by atoms with Crippen LogP contribution in [0.1, 0.15) is 53.4 Å². The molecule has 28 heavy (non-hydrogen) atoms. The summed E-state index contributed by atoms with van der Waals surface area (Å²) >= 11 is 0. The first kappa shape index (κ1) is 21.6. The molecule has 0 aliphatic carbocycles. The van der Waals surface area contributed by atoms with Crippen molar-refractivity contribution in [2.45, 2.75) is 65.5 Å². The van der Waals surface area contributed by atoms with E-state index in [2.05, 4.69) is 45.0 Å². The second-order valence-corrected chi connectivity index (χ2v) is 10.3. The van der Waals surface area contributed by atoms with Gasteiger partial charge in [-0.1, -0.05) is 27.7 Å². The molecule has 0 aromatic rings. The van der Waals surface area contributed by atoms with E-state index < -0.39 is 0 Å². The summed E-state index contributed by atoms with van der Waals surface area (Å²) in [6, 6.07) is -0.450. The Kier molecular flexibility index (Phi) is 6.70. The fraction of sp³-hybridized carbons (Fsp3) is 0.909. The van der Waals surface area contributed by atoms with Crippen LogP contribution in [0.25, 0.3) is 0 Å². The van der Waals surface area contributed by atoms with Crippen LogP contribution < -0.4 is 5.32 Å². The second-order valence-electron chi connectivity index (χ2n) is 10.3. The molecule has 0 aromatic heterocycles. The normalized spacial score (nSPS) is 26.8. The Bertz CT molecular complexity index is 561. The number of nitrogens with zero attached hydrogens (tertiary/aromatic N) is 3. The van der Waals surface area contributed by atoms with Crippen molar-refractivity contribution in [1.82, 2.24) is 20.0 Å². The van der Waals surface area contributed by atoms with Crippen molar-refractivity contribution in [2.75, 3.05) is 46.3 Å². The lowest BCUT2D eigenvalue weighted by atomic mass is 9.72.